The highest BCUT2D eigenvalue weighted by Gasteiger charge is 2.27. The Balaban J connectivity index is 2.62. The van der Waals surface area contributed by atoms with E-state index >= 15 is 0 Å². The second-order valence-electron chi connectivity index (χ2n) is 2.79. The van der Waals surface area contributed by atoms with Crippen molar-refractivity contribution in [3.63, 3.8) is 0 Å². The van der Waals surface area contributed by atoms with E-state index in [0.29, 0.717) is 12.0 Å². The van der Waals surface area contributed by atoms with E-state index in [1.165, 1.54) is 6.07 Å². The minimum Gasteiger partial charge on any atom is -0.454 e. The molecule has 0 aliphatic carbocycles. The average Bonchev–Trinajstić information content (AvgIpc) is 2.62. The van der Waals surface area contributed by atoms with Gasteiger partial charge < -0.3 is 19.5 Å². The molecule has 2 N–H and O–H groups in total. The Hall–Kier alpha value is -1.53. The van der Waals surface area contributed by atoms with Crippen molar-refractivity contribution >= 4 is 18.9 Å². The lowest BCUT2D eigenvalue weighted by Crippen LogP contribution is -2.33. The maximum absolute atomic E-state index is 10.6. The number of aldehydes is 1. The van der Waals surface area contributed by atoms with E-state index in [-0.39, 0.29) is 23.6 Å². The van der Waals surface area contributed by atoms with Crippen LogP contribution in [0.2, 0.25) is 0 Å². The predicted molar refractivity (Wildman–Crippen MR) is 47.8 cm³/mol. The predicted octanol–water partition coefficient (Wildman–Crippen LogP) is -1.09. The Morgan fingerprint density at radius 3 is 2.79 bits per heavy atom. The van der Waals surface area contributed by atoms with E-state index in [4.69, 9.17) is 19.5 Å². The molecule has 1 aromatic carbocycles. The Morgan fingerprint density at radius 2 is 2.14 bits per heavy atom. The van der Waals surface area contributed by atoms with Gasteiger partial charge in [-0.15, -0.1) is 0 Å². The number of benzene rings is 1. The van der Waals surface area contributed by atoms with E-state index in [1.54, 1.807) is 6.07 Å². The quantitative estimate of drug-likeness (QED) is 0.462. The summed E-state index contributed by atoms with van der Waals surface area (Å²) in [5.74, 6) is 0.642. The van der Waals surface area contributed by atoms with E-state index < -0.39 is 7.12 Å². The third-order valence-corrected chi connectivity index (χ3v) is 2.00. The molecule has 0 atom stereocenters. The Kier molecular flexibility index (Phi) is 2.15. The fraction of sp³-hybridized carbons (Fsp3) is 0.125. The molecule has 6 heteroatoms. The van der Waals surface area contributed by atoms with Gasteiger partial charge in [-0.3, -0.25) is 4.79 Å². The van der Waals surface area contributed by atoms with Gasteiger partial charge >= 0.3 is 7.12 Å². The molecule has 1 aliphatic heterocycles. The molecule has 5 nitrogen and oxygen atoms in total. The molecule has 1 heterocycles. The van der Waals surface area contributed by atoms with Crippen LogP contribution in [-0.2, 0) is 0 Å². The average molecular weight is 194 g/mol. The fourth-order valence-corrected chi connectivity index (χ4v) is 1.38. The second kappa shape index (κ2) is 3.32. The molecule has 0 bridgehead atoms. The van der Waals surface area contributed by atoms with Gasteiger partial charge in [0.1, 0.15) is 6.29 Å². The highest BCUT2D eigenvalue weighted by molar-refractivity contribution is 6.61. The van der Waals surface area contributed by atoms with Crippen molar-refractivity contribution in [2.45, 2.75) is 0 Å². The molecule has 14 heavy (non-hydrogen) atoms. The van der Waals surface area contributed by atoms with Gasteiger partial charge in [-0.2, -0.15) is 0 Å². The maximum atomic E-state index is 10.6. The van der Waals surface area contributed by atoms with Gasteiger partial charge in [0.2, 0.25) is 6.79 Å². The molecule has 1 aromatic rings. The van der Waals surface area contributed by atoms with Gasteiger partial charge in [-0.25, -0.2) is 0 Å². The SMILES string of the molecule is O=Cc1ccc2c(c1B(O)O)OCO2. The zero-order valence-electron chi connectivity index (χ0n) is 7.14. The van der Waals surface area contributed by atoms with Crippen LogP contribution in [0.5, 0.6) is 11.5 Å². The van der Waals surface area contributed by atoms with Crippen LogP contribution in [0.3, 0.4) is 0 Å². The third kappa shape index (κ3) is 1.25. The monoisotopic (exact) mass is 194 g/mol. The number of carbonyl (C=O) groups is 1. The van der Waals surface area contributed by atoms with Crippen molar-refractivity contribution in [3.05, 3.63) is 17.7 Å². The highest BCUT2D eigenvalue weighted by Crippen LogP contribution is 2.30. The number of ether oxygens (including phenoxy) is 2. The summed E-state index contributed by atoms with van der Waals surface area (Å²) in [6, 6.07) is 3.01. The molecule has 0 unspecified atom stereocenters. The molecular formula is C8H7BO5. The second-order valence-corrected chi connectivity index (χ2v) is 2.79. The fourth-order valence-electron chi connectivity index (χ4n) is 1.38. The van der Waals surface area contributed by atoms with Gasteiger partial charge in [-0.1, -0.05) is 0 Å². The van der Waals surface area contributed by atoms with Crippen molar-refractivity contribution in [3.8, 4) is 11.5 Å². The van der Waals surface area contributed by atoms with Crippen molar-refractivity contribution in [2.24, 2.45) is 0 Å². The standard InChI is InChI=1S/C8H7BO5/c10-3-5-1-2-6-8(14-4-13-6)7(5)9(11)12/h1-3,11-12H,4H2. The lowest BCUT2D eigenvalue weighted by atomic mass is 9.76. The van der Waals surface area contributed by atoms with E-state index in [1.807, 2.05) is 0 Å². The van der Waals surface area contributed by atoms with Crippen molar-refractivity contribution < 1.29 is 24.3 Å². The van der Waals surface area contributed by atoms with Crippen molar-refractivity contribution in [1.29, 1.82) is 0 Å². The first-order valence-corrected chi connectivity index (χ1v) is 3.98. The first-order valence-electron chi connectivity index (χ1n) is 3.98. The lowest BCUT2D eigenvalue weighted by molar-refractivity contribution is 0.112. The summed E-state index contributed by atoms with van der Waals surface area (Å²) in [5.41, 5.74) is 0.235. The van der Waals surface area contributed by atoms with Crippen LogP contribution in [0, 0.1) is 0 Å². The van der Waals surface area contributed by atoms with Crippen LogP contribution < -0.4 is 14.9 Å². The van der Waals surface area contributed by atoms with Crippen LogP contribution in [0.25, 0.3) is 0 Å². The first kappa shape index (κ1) is 9.05. The summed E-state index contributed by atoms with van der Waals surface area (Å²) in [6.45, 7) is 0.0252. The molecule has 0 spiro atoms. The van der Waals surface area contributed by atoms with Crippen LogP contribution in [0.4, 0.5) is 0 Å². The molecule has 72 valence electrons. The number of hydrogen-bond donors (Lipinski definition) is 2. The molecular weight excluding hydrogens is 187 g/mol. The normalized spacial score (nSPS) is 12.7. The van der Waals surface area contributed by atoms with Crippen LogP contribution in [-0.4, -0.2) is 30.2 Å². The first-order chi connectivity index (χ1) is 6.74. The molecule has 1 aliphatic rings. The Bertz CT molecular complexity index is 376. The largest absolute Gasteiger partial charge is 0.493 e. The zero-order valence-corrected chi connectivity index (χ0v) is 7.14. The third-order valence-electron chi connectivity index (χ3n) is 2.00. The minimum absolute atomic E-state index is 0.0252. The van der Waals surface area contributed by atoms with Crippen LogP contribution in [0.1, 0.15) is 10.4 Å². The molecule has 0 saturated heterocycles. The summed E-state index contributed by atoms with van der Waals surface area (Å²) in [7, 11) is -1.74. The number of hydrogen-bond acceptors (Lipinski definition) is 5. The van der Waals surface area contributed by atoms with E-state index in [9.17, 15) is 4.79 Å². The summed E-state index contributed by atoms with van der Waals surface area (Å²) in [4.78, 5) is 10.6. The lowest BCUT2D eigenvalue weighted by Gasteiger charge is -2.06. The summed E-state index contributed by atoms with van der Waals surface area (Å²) in [5, 5.41) is 18.1. The highest BCUT2D eigenvalue weighted by atomic mass is 16.7. The van der Waals surface area contributed by atoms with E-state index in [2.05, 4.69) is 0 Å². The maximum Gasteiger partial charge on any atom is 0.493 e. The molecule has 0 radical (unpaired) electrons. The smallest absolute Gasteiger partial charge is 0.454 e. The zero-order chi connectivity index (χ0) is 10.1. The Morgan fingerprint density at radius 1 is 1.36 bits per heavy atom. The van der Waals surface area contributed by atoms with Gasteiger partial charge in [0.15, 0.2) is 11.5 Å². The molecule has 0 amide bonds. The number of carbonyl (C=O) groups excluding carboxylic acids is 1. The van der Waals surface area contributed by atoms with Gasteiger partial charge in [-0.05, 0) is 12.1 Å². The van der Waals surface area contributed by atoms with Crippen molar-refractivity contribution in [1.82, 2.24) is 0 Å². The molecule has 0 saturated carbocycles. The summed E-state index contributed by atoms with van der Waals surface area (Å²) >= 11 is 0. The van der Waals surface area contributed by atoms with E-state index in [0.717, 1.165) is 0 Å². The molecule has 0 fully saturated rings. The topological polar surface area (TPSA) is 76.0 Å². The number of rotatable bonds is 2. The molecule has 0 aromatic heterocycles. The van der Waals surface area contributed by atoms with Gasteiger partial charge in [0.25, 0.3) is 0 Å². The summed E-state index contributed by atoms with van der Waals surface area (Å²) in [6.07, 6.45) is 0.538. The number of fused-ring (bicyclic) bond motifs is 1. The van der Waals surface area contributed by atoms with Gasteiger partial charge in [0.05, 0.1) is 0 Å². The van der Waals surface area contributed by atoms with Crippen LogP contribution >= 0.6 is 0 Å². The Labute approximate surface area is 80.0 Å². The van der Waals surface area contributed by atoms with Crippen LogP contribution in [0.15, 0.2) is 12.1 Å². The summed E-state index contributed by atoms with van der Waals surface area (Å²) < 4.78 is 10.1. The minimum atomic E-state index is -1.74. The van der Waals surface area contributed by atoms with Gasteiger partial charge in [0, 0.05) is 11.0 Å². The van der Waals surface area contributed by atoms with Crippen molar-refractivity contribution in [2.75, 3.05) is 6.79 Å². The molecule has 2 rings (SSSR count).